The molecule has 0 spiro atoms. The summed E-state index contributed by atoms with van der Waals surface area (Å²) in [6.45, 7) is 2.14. The first-order valence-corrected chi connectivity index (χ1v) is 8.04. The van der Waals surface area contributed by atoms with Crippen LogP contribution in [0.15, 0.2) is 6.08 Å². The van der Waals surface area contributed by atoms with Crippen LogP contribution in [0.4, 0.5) is 0 Å². The molecule has 6 nitrogen and oxygen atoms in total. The molecule has 0 fully saturated rings. The van der Waals surface area contributed by atoms with Crippen molar-refractivity contribution in [2.75, 3.05) is 14.2 Å². The summed E-state index contributed by atoms with van der Waals surface area (Å²) >= 11 is 0. The molecule has 0 bridgehead atoms. The van der Waals surface area contributed by atoms with Crippen molar-refractivity contribution in [3.8, 4) is 6.07 Å². The number of aromatic nitrogens is 2. The lowest BCUT2D eigenvalue weighted by Gasteiger charge is -2.12. The zero-order valence-corrected chi connectivity index (χ0v) is 12.9. The maximum Gasteiger partial charge on any atom is 0.379 e. The molecule has 1 rings (SSSR count). The third kappa shape index (κ3) is 3.80. The van der Waals surface area contributed by atoms with Crippen LogP contribution in [0.3, 0.4) is 0 Å². The predicted molar refractivity (Wildman–Crippen MR) is 77.7 cm³/mol. The van der Waals surface area contributed by atoms with Crippen molar-refractivity contribution >= 4 is 19.1 Å². The van der Waals surface area contributed by atoms with Gasteiger partial charge in [-0.05, 0) is 12.8 Å². The van der Waals surface area contributed by atoms with Crippen LogP contribution in [0, 0.1) is 11.3 Å². The normalized spacial score (nSPS) is 11.9. The molecule has 0 aliphatic heterocycles. The summed E-state index contributed by atoms with van der Waals surface area (Å²) in [5.74, 6) is 0. The highest BCUT2D eigenvalue weighted by Gasteiger charge is 2.31. The van der Waals surface area contributed by atoms with Crippen LogP contribution in [0.2, 0.25) is 0 Å². The van der Waals surface area contributed by atoms with Crippen LogP contribution in [-0.4, -0.2) is 24.4 Å². The van der Waals surface area contributed by atoms with E-state index in [2.05, 4.69) is 17.1 Å². The fraction of sp³-hybridized carbons (Fsp3) is 0.538. The maximum absolute atomic E-state index is 12.4. The van der Waals surface area contributed by atoms with E-state index >= 15 is 0 Å². The number of nitriles is 1. The highest BCUT2D eigenvalue weighted by Crippen LogP contribution is 2.45. The van der Waals surface area contributed by atoms with Crippen molar-refractivity contribution in [3.63, 3.8) is 0 Å². The van der Waals surface area contributed by atoms with Crippen molar-refractivity contribution in [3.05, 3.63) is 17.3 Å². The SMILES string of the molecule is CCCCC/C=C/c1c(C#N)n[nH]c1P(=O)(OC)OC. The summed E-state index contributed by atoms with van der Waals surface area (Å²) in [4.78, 5) is 0. The molecule has 0 atom stereocenters. The Balaban J connectivity index is 3.02. The van der Waals surface area contributed by atoms with Crippen molar-refractivity contribution < 1.29 is 13.6 Å². The summed E-state index contributed by atoms with van der Waals surface area (Å²) in [5.41, 5.74) is 0.864. The Morgan fingerprint density at radius 3 is 2.65 bits per heavy atom. The second-order valence-electron chi connectivity index (χ2n) is 4.21. The quantitative estimate of drug-likeness (QED) is 0.588. The summed E-state index contributed by atoms with van der Waals surface area (Å²) in [5, 5.41) is 15.5. The molecular formula is C13H20N3O3P. The van der Waals surface area contributed by atoms with Crippen molar-refractivity contribution in [2.45, 2.75) is 32.6 Å². The standard InChI is InChI=1S/C13H20N3O3P/c1-4-5-6-7-8-9-11-12(10-14)15-16-13(11)20(17,18-2)19-3/h8-9H,4-7H2,1-3H3,(H,15,16)/b9-8+. The van der Waals surface area contributed by atoms with Gasteiger partial charge >= 0.3 is 7.60 Å². The minimum Gasteiger partial charge on any atom is -0.308 e. The lowest BCUT2D eigenvalue weighted by molar-refractivity contribution is 0.286. The molecule has 1 heterocycles. The van der Waals surface area contributed by atoms with Crippen molar-refractivity contribution in [1.29, 1.82) is 5.26 Å². The van der Waals surface area contributed by atoms with Gasteiger partial charge in [-0.1, -0.05) is 31.9 Å². The smallest absolute Gasteiger partial charge is 0.308 e. The van der Waals surface area contributed by atoms with Gasteiger partial charge in [0.05, 0.1) is 0 Å². The Bertz CT molecular complexity index is 538. The maximum atomic E-state index is 12.4. The molecule has 20 heavy (non-hydrogen) atoms. The van der Waals surface area contributed by atoms with E-state index in [0.717, 1.165) is 25.7 Å². The topological polar surface area (TPSA) is 88.0 Å². The number of hydrogen-bond acceptors (Lipinski definition) is 5. The van der Waals surface area contributed by atoms with E-state index in [1.807, 2.05) is 12.1 Å². The number of aromatic amines is 1. The van der Waals surface area contributed by atoms with Crippen LogP contribution in [-0.2, 0) is 13.6 Å². The van der Waals surface area contributed by atoms with Crippen molar-refractivity contribution in [1.82, 2.24) is 10.2 Å². The van der Waals surface area contributed by atoms with Gasteiger partial charge in [0.2, 0.25) is 0 Å². The van der Waals surface area contributed by atoms with Gasteiger partial charge in [0.1, 0.15) is 6.07 Å². The largest absolute Gasteiger partial charge is 0.379 e. The molecule has 110 valence electrons. The molecular weight excluding hydrogens is 277 g/mol. The van der Waals surface area contributed by atoms with Gasteiger partial charge in [0, 0.05) is 19.8 Å². The van der Waals surface area contributed by atoms with E-state index in [4.69, 9.17) is 14.3 Å². The monoisotopic (exact) mass is 297 g/mol. The first-order valence-electron chi connectivity index (χ1n) is 6.50. The third-order valence-electron chi connectivity index (χ3n) is 2.90. The molecule has 0 radical (unpaired) electrons. The van der Waals surface area contributed by atoms with Gasteiger partial charge in [-0.3, -0.25) is 9.66 Å². The third-order valence-corrected chi connectivity index (χ3v) is 4.75. The molecule has 0 unspecified atom stereocenters. The van der Waals surface area contributed by atoms with Gasteiger partial charge in [-0.25, -0.2) is 0 Å². The Morgan fingerprint density at radius 1 is 1.40 bits per heavy atom. The number of hydrogen-bond donors (Lipinski definition) is 1. The Kier molecular flexibility index (Phi) is 6.66. The summed E-state index contributed by atoms with van der Waals surface area (Å²) in [6, 6.07) is 1.96. The van der Waals surface area contributed by atoms with Gasteiger partial charge in [0.25, 0.3) is 0 Å². The van der Waals surface area contributed by atoms with Crippen molar-refractivity contribution in [2.24, 2.45) is 0 Å². The van der Waals surface area contributed by atoms with Gasteiger partial charge in [0.15, 0.2) is 11.1 Å². The van der Waals surface area contributed by atoms with Gasteiger partial charge in [-0.2, -0.15) is 10.4 Å². The predicted octanol–water partition coefficient (Wildman–Crippen LogP) is 2.99. The lowest BCUT2D eigenvalue weighted by Crippen LogP contribution is -2.12. The number of nitrogens with one attached hydrogen (secondary N) is 1. The molecule has 0 aliphatic carbocycles. The minimum absolute atomic E-state index is 0.182. The van der Waals surface area contributed by atoms with E-state index in [0.29, 0.717) is 5.56 Å². The first-order chi connectivity index (χ1) is 9.62. The molecule has 1 aromatic heterocycles. The molecule has 0 amide bonds. The number of rotatable bonds is 8. The van der Waals surface area contributed by atoms with Crippen LogP contribution in [0.5, 0.6) is 0 Å². The molecule has 1 aromatic rings. The molecule has 0 aliphatic rings. The Labute approximate surface area is 119 Å². The highest BCUT2D eigenvalue weighted by atomic mass is 31.2. The number of nitrogens with zero attached hydrogens (tertiary/aromatic N) is 2. The molecule has 0 saturated carbocycles. The average molecular weight is 297 g/mol. The Morgan fingerprint density at radius 2 is 2.10 bits per heavy atom. The van der Waals surface area contributed by atoms with E-state index in [1.54, 1.807) is 6.08 Å². The number of allylic oxidation sites excluding steroid dienone is 1. The second-order valence-corrected chi connectivity index (χ2v) is 6.38. The van der Waals surface area contributed by atoms with Gasteiger partial charge in [-0.15, -0.1) is 0 Å². The second kappa shape index (κ2) is 8.01. The molecule has 1 N–H and O–H groups in total. The Hall–Kier alpha value is -1.41. The van der Waals surface area contributed by atoms with E-state index in [-0.39, 0.29) is 11.1 Å². The molecule has 0 aromatic carbocycles. The molecule has 7 heteroatoms. The number of unbranched alkanes of at least 4 members (excludes halogenated alkanes) is 3. The van der Waals surface area contributed by atoms with Crippen LogP contribution >= 0.6 is 7.60 Å². The summed E-state index contributed by atoms with van der Waals surface area (Å²) in [7, 11) is -0.850. The van der Waals surface area contributed by atoms with Crippen LogP contribution in [0.25, 0.3) is 6.08 Å². The van der Waals surface area contributed by atoms with Gasteiger partial charge < -0.3 is 9.05 Å². The number of H-pyrrole nitrogens is 1. The fourth-order valence-electron chi connectivity index (χ4n) is 1.76. The van der Waals surface area contributed by atoms with E-state index < -0.39 is 7.60 Å². The zero-order valence-electron chi connectivity index (χ0n) is 12.0. The highest BCUT2D eigenvalue weighted by molar-refractivity contribution is 7.62. The van der Waals surface area contributed by atoms with E-state index in [1.165, 1.54) is 14.2 Å². The fourth-order valence-corrected chi connectivity index (χ4v) is 2.93. The van der Waals surface area contributed by atoms with E-state index in [9.17, 15) is 4.57 Å². The summed E-state index contributed by atoms with van der Waals surface area (Å²) < 4.78 is 22.2. The minimum atomic E-state index is -3.45. The summed E-state index contributed by atoms with van der Waals surface area (Å²) in [6.07, 6.45) is 7.97. The van der Waals surface area contributed by atoms with Crippen LogP contribution < -0.4 is 5.44 Å². The van der Waals surface area contributed by atoms with Crippen LogP contribution in [0.1, 0.15) is 43.9 Å². The lowest BCUT2D eigenvalue weighted by atomic mass is 10.1. The zero-order chi connectivity index (χ0) is 15.0. The first kappa shape index (κ1) is 16.6. The average Bonchev–Trinajstić information content (AvgIpc) is 2.89. The molecule has 0 saturated heterocycles.